The first kappa shape index (κ1) is 11.9. The quantitative estimate of drug-likeness (QED) is 0.800. The number of aromatic amines is 1. The summed E-state index contributed by atoms with van der Waals surface area (Å²) >= 11 is 0. The van der Waals surface area contributed by atoms with Gasteiger partial charge in [0.1, 0.15) is 5.82 Å². The van der Waals surface area contributed by atoms with Crippen LogP contribution in [0.4, 0.5) is 0 Å². The van der Waals surface area contributed by atoms with Crippen LogP contribution in [0.1, 0.15) is 37.7 Å². The minimum absolute atomic E-state index is 0.278. The fourth-order valence-electron chi connectivity index (χ4n) is 1.81. The maximum absolute atomic E-state index is 4.37. The number of aryl methyl sites for hydroxylation is 1. The van der Waals surface area contributed by atoms with Crippen molar-refractivity contribution >= 4 is 0 Å². The molecule has 0 saturated carbocycles. The van der Waals surface area contributed by atoms with E-state index in [1.165, 1.54) is 5.56 Å². The van der Waals surface area contributed by atoms with Gasteiger partial charge in [-0.1, -0.05) is 6.92 Å². The van der Waals surface area contributed by atoms with Crippen LogP contribution in [0.15, 0.2) is 24.8 Å². The molecule has 0 aliphatic rings. The number of hydrogen-bond acceptors (Lipinski definition) is 3. The molecule has 5 nitrogen and oxygen atoms in total. The fourth-order valence-corrected chi connectivity index (χ4v) is 1.81. The van der Waals surface area contributed by atoms with E-state index in [-0.39, 0.29) is 6.04 Å². The van der Waals surface area contributed by atoms with Crippen LogP contribution < -0.4 is 5.32 Å². The third kappa shape index (κ3) is 2.94. The number of imidazole rings is 1. The molecule has 1 atom stereocenters. The highest BCUT2D eigenvalue weighted by Gasteiger charge is 2.07. The summed E-state index contributed by atoms with van der Waals surface area (Å²) in [7, 11) is 0. The number of hydrogen-bond donors (Lipinski definition) is 2. The van der Waals surface area contributed by atoms with E-state index in [0.717, 1.165) is 25.3 Å². The summed E-state index contributed by atoms with van der Waals surface area (Å²) in [4.78, 5) is 4.37. The summed E-state index contributed by atoms with van der Waals surface area (Å²) < 4.78 is 2.19. The van der Waals surface area contributed by atoms with Crippen molar-refractivity contribution in [1.29, 1.82) is 0 Å². The molecule has 2 N–H and O–H groups in total. The maximum Gasteiger partial charge on any atom is 0.122 e. The lowest BCUT2D eigenvalue weighted by Crippen LogP contribution is -2.20. The first-order chi connectivity index (χ1) is 8.31. The Morgan fingerprint density at radius 2 is 2.41 bits per heavy atom. The zero-order valence-corrected chi connectivity index (χ0v) is 10.3. The summed E-state index contributed by atoms with van der Waals surface area (Å²) in [5.41, 5.74) is 1.17. The molecule has 17 heavy (non-hydrogen) atoms. The van der Waals surface area contributed by atoms with Crippen LogP contribution in [-0.2, 0) is 13.1 Å². The Balaban J connectivity index is 1.91. The average molecular weight is 233 g/mol. The minimum atomic E-state index is 0.278. The van der Waals surface area contributed by atoms with Gasteiger partial charge in [-0.05, 0) is 13.3 Å². The molecular formula is C12H19N5. The van der Waals surface area contributed by atoms with E-state index in [1.807, 2.05) is 24.8 Å². The van der Waals surface area contributed by atoms with Gasteiger partial charge in [0.15, 0.2) is 0 Å². The molecule has 0 amide bonds. The Kier molecular flexibility index (Phi) is 3.93. The van der Waals surface area contributed by atoms with Crippen LogP contribution in [0, 0.1) is 0 Å². The second kappa shape index (κ2) is 5.63. The van der Waals surface area contributed by atoms with Crippen LogP contribution in [0.5, 0.6) is 0 Å². The van der Waals surface area contributed by atoms with Crippen molar-refractivity contribution in [3.63, 3.8) is 0 Å². The Morgan fingerprint density at radius 1 is 1.53 bits per heavy atom. The predicted octanol–water partition coefficient (Wildman–Crippen LogP) is 1.87. The van der Waals surface area contributed by atoms with E-state index in [0.29, 0.717) is 0 Å². The Labute approximate surface area is 101 Å². The van der Waals surface area contributed by atoms with Gasteiger partial charge in [0, 0.05) is 36.7 Å². The van der Waals surface area contributed by atoms with E-state index >= 15 is 0 Å². The first-order valence-corrected chi connectivity index (χ1v) is 6.03. The summed E-state index contributed by atoms with van der Waals surface area (Å²) in [6.07, 6.45) is 8.77. The molecule has 0 radical (unpaired) electrons. The van der Waals surface area contributed by atoms with E-state index in [9.17, 15) is 0 Å². The second-order valence-electron chi connectivity index (χ2n) is 4.17. The van der Waals surface area contributed by atoms with E-state index in [1.54, 1.807) is 0 Å². The van der Waals surface area contributed by atoms with Gasteiger partial charge in [-0.15, -0.1) is 0 Å². The minimum Gasteiger partial charge on any atom is -0.334 e. The SMILES string of the molecule is CCCn1ccnc1CNC(C)c1cn[nH]c1. The third-order valence-electron chi connectivity index (χ3n) is 2.85. The summed E-state index contributed by atoms with van der Waals surface area (Å²) in [6.45, 7) is 6.10. The van der Waals surface area contributed by atoms with Gasteiger partial charge in [-0.25, -0.2) is 4.98 Å². The van der Waals surface area contributed by atoms with Gasteiger partial charge in [-0.2, -0.15) is 5.10 Å². The predicted molar refractivity (Wildman–Crippen MR) is 66.4 cm³/mol. The highest BCUT2D eigenvalue weighted by atomic mass is 15.1. The van der Waals surface area contributed by atoms with Gasteiger partial charge in [0.05, 0.1) is 12.7 Å². The smallest absolute Gasteiger partial charge is 0.122 e. The molecule has 2 aromatic heterocycles. The molecule has 0 aliphatic heterocycles. The molecular weight excluding hydrogens is 214 g/mol. The van der Waals surface area contributed by atoms with Gasteiger partial charge in [-0.3, -0.25) is 5.10 Å². The summed E-state index contributed by atoms with van der Waals surface area (Å²) in [5, 5.41) is 10.2. The first-order valence-electron chi connectivity index (χ1n) is 6.03. The van der Waals surface area contributed by atoms with Gasteiger partial charge >= 0.3 is 0 Å². The second-order valence-corrected chi connectivity index (χ2v) is 4.17. The van der Waals surface area contributed by atoms with E-state index in [4.69, 9.17) is 0 Å². The number of rotatable bonds is 6. The van der Waals surface area contributed by atoms with Gasteiger partial charge in [0.25, 0.3) is 0 Å². The Hall–Kier alpha value is -1.62. The highest BCUT2D eigenvalue weighted by molar-refractivity contribution is 5.08. The van der Waals surface area contributed by atoms with Crippen molar-refractivity contribution in [3.05, 3.63) is 36.2 Å². The van der Waals surface area contributed by atoms with Crippen LogP contribution in [0.25, 0.3) is 0 Å². The van der Waals surface area contributed by atoms with Crippen LogP contribution in [-0.4, -0.2) is 19.7 Å². The molecule has 1 unspecified atom stereocenters. The molecule has 0 fully saturated rings. The standard InChI is InChI=1S/C12H19N5/c1-3-5-17-6-4-13-12(17)9-14-10(2)11-7-15-16-8-11/h4,6-8,10,14H,3,5,9H2,1-2H3,(H,15,16). The van der Waals surface area contributed by atoms with Crippen LogP contribution in [0.3, 0.4) is 0 Å². The summed E-state index contributed by atoms with van der Waals surface area (Å²) in [5.74, 6) is 1.09. The van der Waals surface area contributed by atoms with Gasteiger partial charge < -0.3 is 9.88 Å². The topological polar surface area (TPSA) is 58.5 Å². The number of nitrogens with zero attached hydrogens (tertiary/aromatic N) is 3. The zero-order valence-electron chi connectivity index (χ0n) is 10.3. The molecule has 0 spiro atoms. The molecule has 0 bridgehead atoms. The zero-order chi connectivity index (χ0) is 12.1. The fraction of sp³-hybridized carbons (Fsp3) is 0.500. The van der Waals surface area contributed by atoms with Crippen molar-refractivity contribution in [2.24, 2.45) is 0 Å². The highest BCUT2D eigenvalue weighted by Crippen LogP contribution is 2.10. The molecule has 2 heterocycles. The largest absolute Gasteiger partial charge is 0.334 e. The lowest BCUT2D eigenvalue weighted by molar-refractivity contribution is 0.532. The molecule has 2 rings (SSSR count). The van der Waals surface area contributed by atoms with Crippen molar-refractivity contribution in [2.45, 2.75) is 39.4 Å². The van der Waals surface area contributed by atoms with Crippen molar-refractivity contribution < 1.29 is 0 Å². The summed E-state index contributed by atoms with van der Waals surface area (Å²) in [6, 6.07) is 0.278. The van der Waals surface area contributed by atoms with E-state index < -0.39 is 0 Å². The molecule has 0 saturated heterocycles. The normalized spacial score (nSPS) is 12.8. The molecule has 5 heteroatoms. The molecule has 0 aliphatic carbocycles. The van der Waals surface area contributed by atoms with Gasteiger partial charge in [0.2, 0.25) is 0 Å². The lowest BCUT2D eigenvalue weighted by Gasteiger charge is -2.12. The molecule has 92 valence electrons. The Bertz CT molecular complexity index is 431. The number of H-pyrrole nitrogens is 1. The van der Waals surface area contributed by atoms with E-state index in [2.05, 4.69) is 38.9 Å². The monoisotopic (exact) mass is 233 g/mol. The van der Waals surface area contributed by atoms with Crippen molar-refractivity contribution in [2.75, 3.05) is 0 Å². The third-order valence-corrected chi connectivity index (χ3v) is 2.85. The van der Waals surface area contributed by atoms with Crippen LogP contribution in [0.2, 0.25) is 0 Å². The number of nitrogens with one attached hydrogen (secondary N) is 2. The maximum atomic E-state index is 4.37. The average Bonchev–Trinajstić information content (AvgIpc) is 2.97. The lowest BCUT2D eigenvalue weighted by atomic mass is 10.2. The Morgan fingerprint density at radius 3 is 3.12 bits per heavy atom. The molecule has 0 aromatic carbocycles. The number of aromatic nitrogens is 4. The van der Waals surface area contributed by atoms with Crippen LogP contribution >= 0.6 is 0 Å². The molecule has 2 aromatic rings. The van der Waals surface area contributed by atoms with Crippen molar-refractivity contribution in [1.82, 2.24) is 25.1 Å². The van der Waals surface area contributed by atoms with Crippen molar-refractivity contribution in [3.8, 4) is 0 Å².